The molecule has 1 aromatic carbocycles. The molecule has 0 unspecified atom stereocenters. The van der Waals surface area contributed by atoms with Crippen molar-refractivity contribution in [3.05, 3.63) is 29.8 Å². The average molecular weight is 288 g/mol. The van der Waals surface area contributed by atoms with Crippen LogP contribution in [0.5, 0.6) is 0 Å². The lowest BCUT2D eigenvalue weighted by Gasteiger charge is -2.27. The number of piperidine rings is 1. The van der Waals surface area contributed by atoms with Crippen LogP contribution in [0.1, 0.15) is 24.3 Å². The topological polar surface area (TPSA) is 73.5 Å². The minimum absolute atomic E-state index is 0.182. The van der Waals surface area contributed by atoms with Crippen LogP contribution in [-0.2, 0) is 9.59 Å². The van der Waals surface area contributed by atoms with Crippen molar-refractivity contribution in [2.75, 3.05) is 31.6 Å². The van der Waals surface area contributed by atoms with E-state index in [-0.39, 0.29) is 24.9 Å². The SMILES string of the molecule is O=C1CN(Nc2ccc(C3CCNCC3)cc2)CC(=O)N1. The summed E-state index contributed by atoms with van der Waals surface area (Å²) in [5.74, 6) is 0.0813. The van der Waals surface area contributed by atoms with Crippen LogP contribution in [0.3, 0.4) is 0 Å². The van der Waals surface area contributed by atoms with Crippen LogP contribution in [0.15, 0.2) is 24.3 Å². The third-order valence-electron chi connectivity index (χ3n) is 3.96. The van der Waals surface area contributed by atoms with Crippen LogP contribution < -0.4 is 16.1 Å². The summed E-state index contributed by atoms with van der Waals surface area (Å²) in [6.45, 7) is 2.52. The van der Waals surface area contributed by atoms with Gasteiger partial charge in [-0.05, 0) is 49.5 Å². The Balaban J connectivity index is 1.61. The number of piperazine rings is 1. The van der Waals surface area contributed by atoms with Gasteiger partial charge in [-0.2, -0.15) is 0 Å². The Morgan fingerprint density at radius 1 is 1.00 bits per heavy atom. The molecule has 2 aliphatic rings. The van der Waals surface area contributed by atoms with Gasteiger partial charge in [-0.3, -0.25) is 14.9 Å². The number of rotatable bonds is 3. The van der Waals surface area contributed by atoms with Crippen LogP contribution in [0.4, 0.5) is 5.69 Å². The minimum Gasteiger partial charge on any atom is -0.318 e. The summed E-state index contributed by atoms with van der Waals surface area (Å²) in [6.07, 6.45) is 2.35. The molecule has 21 heavy (non-hydrogen) atoms. The van der Waals surface area contributed by atoms with E-state index >= 15 is 0 Å². The molecular weight excluding hydrogens is 268 g/mol. The minimum atomic E-state index is -0.273. The van der Waals surface area contributed by atoms with Gasteiger partial charge in [0, 0.05) is 5.69 Å². The van der Waals surface area contributed by atoms with Crippen molar-refractivity contribution in [3.8, 4) is 0 Å². The number of anilines is 1. The monoisotopic (exact) mass is 288 g/mol. The maximum atomic E-state index is 11.3. The van der Waals surface area contributed by atoms with E-state index < -0.39 is 0 Å². The van der Waals surface area contributed by atoms with E-state index in [1.807, 2.05) is 12.1 Å². The molecule has 1 aromatic rings. The Bertz CT molecular complexity index is 507. The van der Waals surface area contributed by atoms with E-state index in [9.17, 15) is 9.59 Å². The van der Waals surface area contributed by atoms with Gasteiger partial charge in [0.2, 0.25) is 11.8 Å². The summed E-state index contributed by atoms with van der Waals surface area (Å²) in [5.41, 5.74) is 5.37. The van der Waals surface area contributed by atoms with Crippen molar-refractivity contribution in [1.82, 2.24) is 15.6 Å². The largest absolute Gasteiger partial charge is 0.318 e. The zero-order chi connectivity index (χ0) is 14.7. The van der Waals surface area contributed by atoms with Crippen molar-refractivity contribution in [2.45, 2.75) is 18.8 Å². The summed E-state index contributed by atoms with van der Waals surface area (Å²) in [5, 5.41) is 7.28. The summed E-state index contributed by atoms with van der Waals surface area (Å²) >= 11 is 0. The predicted octanol–water partition coefficient (Wildman–Crippen LogP) is 0.439. The van der Waals surface area contributed by atoms with Crippen molar-refractivity contribution in [2.24, 2.45) is 0 Å². The molecule has 112 valence electrons. The highest BCUT2D eigenvalue weighted by molar-refractivity contribution is 5.99. The first kappa shape index (κ1) is 14.0. The zero-order valence-electron chi connectivity index (χ0n) is 11.9. The molecule has 0 spiro atoms. The fourth-order valence-electron chi connectivity index (χ4n) is 2.88. The number of nitrogens with one attached hydrogen (secondary N) is 3. The normalized spacial score (nSPS) is 21.1. The Kier molecular flexibility index (Phi) is 4.17. The third-order valence-corrected chi connectivity index (χ3v) is 3.96. The number of hydrazine groups is 1. The molecule has 2 aliphatic heterocycles. The fourth-order valence-corrected chi connectivity index (χ4v) is 2.88. The van der Waals surface area contributed by atoms with E-state index in [1.54, 1.807) is 5.01 Å². The van der Waals surface area contributed by atoms with Gasteiger partial charge < -0.3 is 10.7 Å². The molecule has 0 aliphatic carbocycles. The highest BCUT2D eigenvalue weighted by Crippen LogP contribution is 2.26. The van der Waals surface area contributed by atoms with Gasteiger partial charge in [0.05, 0.1) is 13.1 Å². The molecule has 6 heteroatoms. The number of hydrogen-bond acceptors (Lipinski definition) is 5. The van der Waals surface area contributed by atoms with Crippen LogP contribution in [0, 0.1) is 0 Å². The lowest BCUT2D eigenvalue weighted by Crippen LogP contribution is -2.53. The molecule has 0 saturated carbocycles. The molecule has 3 rings (SSSR count). The molecule has 2 heterocycles. The summed E-state index contributed by atoms with van der Waals surface area (Å²) in [6, 6.07) is 8.27. The molecule has 0 radical (unpaired) electrons. The van der Waals surface area contributed by atoms with Gasteiger partial charge in [0.15, 0.2) is 0 Å². The number of hydrogen-bond donors (Lipinski definition) is 3. The molecule has 6 nitrogen and oxygen atoms in total. The highest BCUT2D eigenvalue weighted by atomic mass is 16.2. The van der Waals surface area contributed by atoms with Crippen molar-refractivity contribution in [1.29, 1.82) is 0 Å². The van der Waals surface area contributed by atoms with E-state index in [0.29, 0.717) is 5.92 Å². The summed E-state index contributed by atoms with van der Waals surface area (Å²) in [4.78, 5) is 22.6. The number of amides is 2. The first-order chi connectivity index (χ1) is 10.2. The maximum Gasteiger partial charge on any atom is 0.242 e. The summed E-state index contributed by atoms with van der Waals surface area (Å²) in [7, 11) is 0. The van der Waals surface area contributed by atoms with Crippen LogP contribution >= 0.6 is 0 Å². The molecule has 3 N–H and O–H groups in total. The molecule has 2 fully saturated rings. The highest BCUT2D eigenvalue weighted by Gasteiger charge is 2.22. The first-order valence-electron chi connectivity index (χ1n) is 7.36. The Morgan fingerprint density at radius 3 is 2.24 bits per heavy atom. The molecule has 2 amide bonds. The average Bonchev–Trinajstić information content (AvgIpc) is 2.48. The molecule has 0 atom stereocenters. The zero-order valence-corrected chi connectivity index (χ0v) is 11.9. The van der Waals surface area contributed by atoms with Crippen molar-refractivity contribution < 1.29 is 9.59 Å². The molecule has 0 aromatic heterocycles. The van der Waals surface area contributed by atoms with Crippen molar-refractivity contribution in [3.63, 3.8) is 0 Å². The number of carbonyl (C=O) groups excluding carboxylic acids is 2. The summed E-state index contributed by atoms with van der Waals surface area (Å²) < 4.78 is 0. The van der Waals surface area contributed by atoms with E-state index in [2.05, 4.69) is 28.2 Å². The smallest absolute Gasteiger partial charge is 0.242 e. The molecular formula is C15H20N4O2. The second-order valence-corrected chi connectivity index (χ2v) is 5.59. The quantitative estimate of drug-likeness (QED) is 0.704. The number of imide groups is 1. The molecule has 2 saturated heterocycles. The Labute approximate surface area is 123 Å². The third kappa shape index (κ3) is 3.59. The predicted molar refractivity (Wildman–Crippen MR) is 79.6 cm³/mol. The molecule has 0 bridgehead atoms. The van der Waals surface area contributed by atoms with Gasteiger partial charge >= 0.3 is 0 Å². The van der Waals surface area contributed by atoms with Gasteiger partial charge in [-0.15, -0.1) is 0 Å². The van der Waals surface area contributed by atoms with Gasteiger partial charge in [0.25, 0.3) is 0 Å². The second-order valence-electron chi connectivity index (χ2n) is 5.59. The fraction of sp³-hybridized carbons (Fsp3) is 0.467. The van der Waals surface area contributed by atoms with Crippen LogP contribution in [-0.4, -0.2) is 43.0 Å². The first-order valence-corrected chi connectivity index (χ1v) is 7.36. The Hall–Kier alpha value is -1.92. The van der Waals surface area contributed by atoms with E-state index in [4.69, 9.17) is 0 Å². The van der Waals surface area contributed by atoms with Gasteiger partial charge in [-0.1, -0.05) is 12.1 Å². The number of nitrogens with zero attached hydrogens (tertiary/aromatic N) is 1. The lowest BCUT2D eigenvalue weighted by atomic mass is 9.90. The van der Waals surface area contributed by atoms with Crippen molar-refractivity contribution >= 4 is 17.5 Å². The standard InChI is InChI=1S/C15H20N4O2/c20-14-9-19(10-15(21)17-14)18-13-3-1-11(2-4-13)12-5-7-16-8-6-12/h1-4,12,16,18H,5-10H2,(H,17,20,21). The van der Waals surface area contributed by atoms with Crippen LogP contribution in [0.25, 0.3) is 0 Å². The van der Waals surface area contributed by atoms with Gasteiger partial charge in [-0.25, -0.2) is 5.01 Å². The second kappa shape index (κ2) is 6.24. The maximum absolute atomic E-state index is 11.3. The number of benzene rings is 1. The lowest BCUT2D eigenvalue weighted by molar-refractivity contribution is -0.135. The van der Waals surface area contributed by atoms with E-state index in [0.717, 1.165) is 18.8 Å². The Morgan fingerprint density at radius 2 is 1.62 bits per heavy atom. The van der Waals surface area contributed by atoms with E-state index in [1.165, 1.54) is 18.4 Å². The van der Waals surface area contributed by atoms with Crippen LogP contribution in [0.2, 0.25) is 0 Å². The van der Waals surface area contributed by atoms with Gasteiger partial charge in [0.1, 0.15) is 0 Å². The number of carbonyl (C=O) groups is 2.